The molecule has 0 bridgehead atoms. The summed E-state index contributed by atoms with van der Waals surface area (Å²) in [6, 6.07) is 0. The van der Waals surface area contributed by atoms with Crippen LogP contribution in [0.4, 0.5) is 0 Å². The zero-order chi connectivity index (χ0) is 10.3. The average molecular weight is 186 g/mol. The molecule has 0 aromatic rings. The Morgan fingerprint density at radius 1 is 0.769 bits per heavy atom. The second kappa shape index (κ2) is 3.25. The molecule has 78 valence electrons. The Kier molecular flexibility index (Phi) is 2.75. The van der Waals surface area contributed by atoms with Gasteiger partial charge in [0.25, 0.3) is 0 Å². The first-order valence-corrected chi connectivity index (χ1v) is 4.96. The zero-order valence-electron chi connectivity index (χ0n) is 9.68. The van der Waals surface area contributed by atoms with Crippen molar-refractivity contribution in [2.24, 2.45) is 10.8 Å². The van der Waals surface area contributed by atoms with Crippen LogP contribution in [-0.4, -0.2) is 19.0 Å². The number of hydrogen-bond donors (Lipinski definition) is 0. The van der Waals surface area contributed by atoms with Crippen LogP contribution >= 0.6 is 0 Å². The van der Waals surface area contributed by atoms with E-state index in [2.05, 4.69) is 41.5 Å². The van der Waals surface area contributed by atoms with Gasteiger partial charge in [0.05, 0.1) is 12.2 Å². The third-order valence-corrected chi connectivity index (χ3v) is 2.48. The van der Waals surface area contributed by atoms with E-state index in [-0.39, 0.29) is 23.0 Å². The van der Waals surface area contributed by atoms with Gasteiger partial charge < -0.3 is 9.47 Å². The van der Waals surface area contributed by atoms with Gasteiger partial charge in [-0.2, -0.15) is 0 Å². The second-order valence-corrected chi connectivity index (χ2v) is 6.02. The molecule has 1 rings (SSSR count). The van der Waals surface area contributed by atoms with Gasteiger partial charge >= 0.3 is 0 Å². The highest BCUT2D eigenvalue weighted by Gasteiger charge is 2.44. The van der Waals surface area contributed by atoms with E-state index >= 15 is 0 Å². The van der Waals surface area contributed by atoms with Crippen LogP contribution in [0.15, 0.2) is 0 Å². The highest BCUT2D eigenvalue weighted by atomic mass is 16.7. The fraction of sp³-hybridized carbons (Fsp3) is 1.00. The van der Waals surface area contributed by atoms with Crippen LogP contribution in [0.2, 0.25) is 0 Å². The van der Waals surface area contributed by atoms with E-state index in [0.29, 0.717) is 6.79 Å². The molecular weight excluding hydrogens is 164 g/mol. The molecule has 1 saturated heterocycles. The number of rotatable bonds is 0. The summed E-state index contributed by atoms with van der Waals surface area (Å²) in [7, 11) is 0. The first-order chi connectivity index (χ1) is 5.73. The predicted molar refractivity (Wildman–Crippen MR) is 53.5 cm³/mol. The summed E-state index contributed by atoms with van der Waals surface area (Å²) >= 11 is 0. The van der Waals surface area contributed by atoms with Gasteiger partial charge in [0.2, 0.25) is 0 Å². The van der Waals surface area contributed by atoms with Crippen molar-refractivity contribution in [2.45, 2.75) is 53.8 Å². The zero-order valence-corrected chi connectivity index (χ0v) is 9.68. The fourth-order valence-electron chi connectivity index (χ4n) is 1.77. The molecule has 0 saturated carbocycles. The molecule has 1 aliphatic heterocycles. The first kappa shape index (κ1) is 11.0. The summed E-state index contributed by atoms with van der Waals surface area (Å²) in [5, 5.41) is 0. The molecule has 2 atom stereocenters. The summed E-state index contributed by atoms with van der Waals surface area (Å²) in [6.07, 6.45) is 0.431. The van der Waals surface area contributed by atoms with Crippen LogP contribution in [0.3, 0.4) is 0 Å². The van der Waals surface area contributed by atoms with E-state index in [4.69, 9.17) is 9.47 Å². The Balaban J connectivity index is 2.76. The molecule has 0 aromatic carbocycles. The van der Waals surface area contributed by atoms with Gasteiger partial charge in [-0.1, -0.05) is 41.5 Å². The van der Waals surface area contributed by atoms with Crippen LogP contribution in [0.1, 0.15) is 41.5 Å². The summed E-state index contributed by atoms with van der Waals surface area (Å²) in [4.78, 5) is 0. The van der Waals surface area contributed by atoms with Gasteiger partial charge in [0, 0.05) is 0 Å². The molecule has 0 aliphatic carbocycles. The van der Waals surface area contributed by atoms with Crippen LogP contribution < -0.4 is 0 Å². The van der Waals surface area contributed by atoms with Crippen molar-refractivity contribution >= 4 is 0 Å². The van der Waals surface area contributed by atoms with Gasteiger partial charge in [-0.05, 0) is 10.8 Å². The maximum atomic E-state index is 5.63. The smallest absolute Gasteiger partial charge is 0.147 e. The van der Waals surface area contributed by atoms with Crippen molar-refractivity contribution in [1.82, 2.24) is 0 Å². The van der Waals surface area contributed by atoms with E-state index in [0.717, 1.165) is 0 Å². The molecule has 2 nitrogen and oxygen atoms in total. The van der Waals surface area contributed by atoms with E-state index in [9.17, 15) is 0 Å². The maximum absolute atomic E-state index is 5.63. The minimum atomic E-state index is 0.161. The SMILES string of the molecule is CC(C)(C)[C@@H]1OCO[C@@H]1C(C)(C)C. The lowest BCUT2D eigenvalue weighted by molar-refractivity contribution is 0.000876. The third-order valence-electron chi connectivity index (χ3n) is 2.48. The lowest BCUT2D eigenvalue weighted by Gasteiger charge is -2.36. The molecule has 0 amide bonds. The van der Waals surface area contributed by atoms with Crippen molar-refractivity contribution in [3.8, 4) is 0 Å². The normalized spacial score (nSPS) is 30.9. The maximum Gasteiger partial charge on any atom is 0.147 e. The largest absolute Gasteiger partial charge is 0.349 e. The van der Waals surface area contributed by atoms with Gasteiger partial charge in [0.15, 0.2) is 0 Å². The number of hydrogen-bond acceptors (Lipinski definition) is 2. The van der Waals surface area contributed by atoms with E-state index in [1.807, 2.05) is 0 Å². The Hall–Kier alpha value is -0.0800. The molecule has 13 heavy (non-hydrogen) atoms. The molecule has 0 N–H and O–H groups in total. The van der Waals surface area contributed by atoms with Gasteiger partial charge in [-0.3, -0.25) is 0 Å². The van der Waals surface area contributed by atoms with Crippen molar-refractivity contribution < 1.29 is 9.47 Å². The molecule has 0 radical (unpaired) electrons. The van der Waals surface area contributed by atoms with Crippen LogP contribution in [0.25, 0.3) is 0 Å². The monoisotopic (exact) mass is 186 g/mol. The Morgan fingerprint density at radius 2 is 1.08 bits per heavy atom. The Bertz CT molecular complexity index is 154. The molecule has 1 heterocycles. The Morgan fingerprint density at radius 3 is 1.31 bits per heavy atom. The van der Waals surface area contributed by atoms with Gasteiger partial charge in [-0.15, -0.1) is 0 Å². The first-order valence-electron chi connectivity index (χ1n) is 4.96. The van der Waals surface area contributed by atoms with Crippen molar-refractivity contribution in [3.63, 3.8) is 0 Å². The molecule has 1 fully saturated rings. The summed E-state index contributed by atoms with van der Waals surface area (Å²) in [6.45, 7) is 13.6. The quantitative estimate of drug-likeness (QED) is 0.579. The van der Waals surface area contributed by atoms with Crippen molar-refractivity contribution in [1.29, 1.82) is 0 Å². The van der Waals surface area contributed by atoms with Crippen molar-refractivity contribution in [3.05, 3.63) is 0 Å². The van der Waals surface area contributed by atoms with Crippen LogP contribution in [-0.2, 0) is 9.47 Å². The topological polar surface area (TPSA) is 18.5 Å². The molecule has 1 aliphatic rings. The molecule has 0 spiro atoms. The molecular formula is C11H22O2. The van der Waals surface area contributed by atoms with Crippen molar-refractivity contribution in [2.75, 3.05) is 6.79 Å². The van der Waals surface area contributed by atoms with Gasteiger partial charge in [0.1, 0.15) is 6.79 Å². The lowest BCUT2D eigenvalue weighted by Crippen LogP contribution is -2.42. The van der Waals surface area contributed by atoms with E-state index in [1.165, 1.54) is 0 Å². The van der Waals surface area contributed by atoms with Gasteiger partial charge in [-0.25, -0.2) is 0 Å². The Labute approximate surface area is 81.6 Å². The standard InChI is InChI=1S/C11H22O2/c1-10(2,3)8-9(11(4,5)6)13-7-12-8/h8-9H,7H2,1-6H3/t8-,9+. The van der Waals surface area contributed by atoms with Crippen LogP contribution in [0, 0.1) is 10.8 Å². The average Bonchev–Trinajstić information content (AvgIpc) is 2.27. The fourth-order valence-corrected chi connectivity index (χ4v) is 1.77. The third kappa shape index (κ3) is 2.44. The van der Waals surface area contributed by atoms with Crippen LogP contribution in [0.5, 0.6) is 0 Å². The second-order valence-electron chi connectivity index (χ2n) is 6.02. The highest BCUT2D eigenvalue weighted by Crippen LogP contribution is 2.38. The van der Waals surface area contributed by atoms with E-state index < -0.39 is 0 Å². The lowest BCUT2D eigenvalue weighted by atomic mass is 9.76. The molecule has 0 aromatic heterocycles. The molecule has 0 unspecified atom stereocenters. The minimum absolute atomic E-state index is 0.161. The minimum Gasteiger partial charge on any atom is -0.349 e. The summed E-state index contributed by atoms with van der Waals surface area (Å²) in [5.41, 5.74) is 0.322. The highest BCUT2D eigenvalue weighted by molar-refractivity contribution is 4.91. The summed E-state index contributed by atoms with van der Waals surface area (Å²) < 4.78 is 11.3. The molecule has 2 heteroatoms. The number of ether oxygens (including phenoxy) is 2. The van der Waals surface area contributed by atoms with E-state index in [1.54, 1.807) is 0 Å². The summed E-state index contributed by atoms with van der Waals surface area (Å²) in [5.74, 6) is 0. The predicted octanol–water partition coefficient (Wildman–Crippen LogP) is 2.82.